The minimum Gasteiger partial charge on any atom is -0.436 e. The van der Waals surface area contributed by atoms with E-state index < -0.39 is 0 Å². The molecule has 0 aliphatic carbocycles. The summed E-state index contributed by atoms with van der Waals surface area (Å²) in [5.41, 5.74) is 2.80. The number of rotatable bonds is 3. The number of halogens is 1. The lowest BCUT2D eigenvalue weighted by Crippen LogP contribution is -2.09. The lowest BCUT2D eigenvalue weighted by Gasteiger charge is -2.02. The van der Waals surface area contributed by atoms with Crippen LogP contribution >= 0.6 is 22.9 Å². The molecule has 118 valence electrons. The van der Waals surface area contributed by atoms with E-state index in [1.165, 1.54) is 11.3 Å². The lowest BCUT2D eigenvalue weighted by atomic mass is 10.2. The number of hydrogen-bond donors (Lipinski definition) is 1. The average Bonchev–Trinajstić information content (AvgIpc) is 3.21. The Kier molecular flexibility index (Phi) is 3.76. The van der Waals surface area contributed by atoms with Gasteiger partial charge in [0.25, 0.3) is 5.91 Å². The van der Waals surface area contributed by atoms with Crippen molar-refractivity contribution in [2.75, 3.05) is 5.32 Å². The van der Waals surface area contributed by atoms with Crippen LogP contribution in [0.25, 0.3) is 22.6 Å². The van der Waals surface area contributed by atoms with Crippen molar-refractivity contribution < 1.29 is 9.21 Å². The summed E-state index contributed by atoms with van der Waals surface area (Å²) >= 11 is 7.09. The highest BCUT2D eigenvalue weighted by Gasteiger charge is 2.12. The zero-order valence-electron chi connectivity index (χ0n) is 12.2. The number of pyridine rings is 1. The molecule has 0 saturated carbocycles. The number of nitrogens with one attached hydrogen (secondary N) is 1. The van der Waals surface area contributed by atoms with Crippen molar-refractivity contribution >= 4 is 45.6 Å². The van der Waals surface area contributed by atoms with Gasteiger partial charge in [-0.05, 0) is 36.4 Å². The Balaban J connectivity index is 1.62. The van der Waals surface area contributed by atoms with Crippen LogP contribution in [-0.4, -0.2) is 15.9 Å². The zero-order valence-corrected chi connectivity index (χ0v) is 13.8. The summed E-state index contributed by atoms with van der Waals surface area (Å²) in [4.78, 5) is 21.1. The topological polar surface area (TPSA) is 68.0 Å². The molecular formula is C17H10ClN3O2S. The minimum absolute atomic E-state index is 0.208. The molecule has 1 amide bonds. The van der Waals surface area contributed by atoms with Gasteiger partial charge in [0.1, 0.15) is 5.52 Å². The van der Waals surface area contributed by atoms with E-state index >= 15 is 0 Å². The molecule has 0 radical (unpaired) electrons. The van der Waals surface area contributed by atoms with Crippen molar-refractivity contribution in [2.24, 2.45) is 0 Å². The molecule has 0 unspecified atom stereocenters. The van der Waals surface area contributed by atoms with Gasteiger partial charge in [-0.25, -0.2) is 4.98 Å². The number of thiophene rings is 1. The second-order valence-electron chi connectivity index (χ2n) is 5.00. The van der Waals surface area contributed by atoms with Crippen LogP contribution < -0.4 is 5.32 Å². The second-order valence-corrected chi connectivity index (χ2v) is 6.71. The molecule has 0 saturated heterocycles. The maximum absolute atomic E-state index is 12.2. The number of fused-ring (bicyclic) bond motifs is 1. The van der Waals surface area contributed by atoms with Crippen LogP contribution in [-0.2, 0) is 0 Å². The van der Waals surface area contributed by atoms with Crippen LogP contribution in [0.4, 0.5) is 5.69 Å². The summed E-state index contributed by atoms with van der Waals surface area (Å²) in [5, 5.41) is 2.83. The highest BCUT2D eigenvalue weighted by atomic mass is 35.5. The Morgan fingerprint density at radius 3 is 2.71 bits per heavy atom. The van der Waals surface area contributed by atoms with E-state index in [4.69, 9.17) is 16.0 Å². The number of carbonyl (C=O) groups is 1. The van der Waals surface area contributed by atoms with Gasteiger partial charge >= 0.3 is 0 Å². The molecule has 0 aliphatic heterocycles. The van der Waals surface area contributed by atoms with E-state index in [0.29, 0.717) is 26.4 Å². The Morgan fingerprint density at radius 2 is 1.96 bits per heavy atom. The molecule has 4 rings (SSSR count). The maximum Gasteiger partial charge on any atom is 0.265 e. The molecule has 0 spiro atoms. The van der Waals surface area contributed by atoms with Crippen LogP contribution in [0.2, 0.25) is 4.34 Å². The molecule has 5 nitrogen and oxygen atoms in total. The maximum atomic E-state index is 12.2. The molecule has 1 N–H and O–H groups in total. The quantitative estimate of drug-likeness (QED) is 0.570. The highest BCUT2D eigenvalue weighted by Crippen LogP contribution is 2.27. The van der Waals surface area contributed by atoms with Crippen molar-refractivity contribution in [2.45, 2.75) is 0 Å². The summed E-state index contributed by atoms with van der Waals surface area (Å²) < 4.78 is 6.35. The third-order valence-corrected chi connectivity index (χ3v) is 4.60. The van der Waals surface area contributed by atoms with Gasteiger partial charge in [-0.2, -0.15) is 0 Å². The second kappa shape index (κ2) is 6.07. The highest BCUT2D eigenvalue weighted by molar-refractivity contribution is 7.18. The van der Waals surface area contributed by atoms with E-state index in [1.54, 1.807) is 42.7 Å². The first-order valence-corrected chi connectivity index (χ1v) is 8.26. The van der Waals surface area contributed by atoms with Crippen LogP contribution in [0.3, 0.4) is 0 Å². The van der Waals surface area contributed by atoms with E-state index in [-0.39, 0.29) is 5.91 Å². The number of amides is 1. The van der Waals surface area contributed by atoms with Crippen LogP contribution in [0.1, 0.15) is 9.67 Å². The monoisotopic (exact) mass is 355 g/mol. The Morgan fingerprint density at radius 1 is 1.12 bits per heavy atom. The number of carbonyl (C=O) groups excluding carboxylic acids is 1. The SMILES string of the molecule is O=C(Nc1ccc2nc(-c3ccncc3)oc2c1)c1ccc(Cl)s1. The van der Waals surface area contributed by atoms with Gasteiger partial charge in [-0.3, -0.25) is 9.78 Å². The van der Waals surface area contributed by atoms with E-state index in [0.717, 1.165) is 11.1 Å². The van der Waals surface area contributed by atoms with Gasteiger partial charge in [-0.1, -0.05) is 11.6 Å². The Hall–Kier alpha value is -2.70. The van der Waals surface area contributed by atoms with Crippen LogP contribution in [0.5, 0.6) is 0 Å². The normalized spacial score (nSPS) is 10.9. The number of benzene rings is 1. The molecule has 0 fully saturated rings. The van der Waals surface area contributed by atoms with Gasteiger partial charge in [0.05, 0.1) is 9.21 Å². The fraction of sp³-hybridized carbons (Fsp3) is 0. The molecule has 3 aromatic heterocycles. The molecule has 0 atom stereocenters. The van der Waals surface area contributed by atoms with E-state index in [1.807, 2.05) is 12.1 Å². The van der Waals surface area contributed by atoms with E-state index in [2.05, 4.69) is 15.3 Å². The number of oxazole rings is 1. The summed E-state index contributed by atoms with van der Waals surface area (Å²) in [6.45, 7) is 0. The van der Waals surface area contributed by atoms with Gasteiger partial charge < -0.3 is 9.73 Å². The smallest absolute Gasteiger partial charge is 0.265 e. The number of hydrogen-bond acceptors (Lipinski definition) is 5. The molecule has 24 heavy (non-hydrogen) atoms. The molecule has 0 bridgehead atoms. The summed E-state index contributed by atoms with van der Waals surface area (Å²) in [6, 6.07) is 12.4. The van der Waals surface area contributed by atoms with Gasteiger partial charge in [-0.15, -0.1) is 11.3 Å². The van der Waals surface area contributed by atoms with Crippen molar-refractivity contribution in [3.8, 4) is 11.5 Å². The van der Waals surface area contributed by atoms with Gasteiger partial charge in [0.2, 0.25) is 5.89 Å². The number of anilines is 1. The zero-order chi connectivity index (χ0) is 16.5. The lowest BCUT2D eigenvalue weighted by molar-refractivity contribution is 0.103. The largest absolute Gasteiger partial charge is 0.436 e. The summed E-state index contributed by atoms with van der Waals surface area (Å²) in [5.74, 6) is 0.307. The van der Waals surface area contributed by atoms with Crippen LogP contribution in [0, 0.1) is 0 Å². The standard InChI is InChI=1S/C17H10ClN3O2S/c18-15-4-3-14(24-15)16(22)20-11-1-2-12-13(9-11)23-17(21-12)10-5-7-19-8-6-10/h1-9H,(H,20,22). The Bertz CT molecular complexity index is 1030. The first-order valence-electron chi connectivity index (χ1n) is 7.07. The van der Waals surface area contributed by atoms with Gasteiger partial charge in [0.15, 0.2) is 5.58 Å². The van der Waals surface area contributed by atoms with Crippen molar-refractivity contribution in [1.82, 2.24) is 9.97 Å². The van der Waals surface area contributed by atoms with Crippen LogP contribution in [0.15, 0.2) is 59.3 Å². The van der Waals surface area contributed by atoms with Gasteiger partial charge in [0, 0.05) is 29.7 Å². The van der Waals surface area contributed by atoms with Crippen molar-refractivity contribution in [3.05, 3.63) is 64.1 Å². The molecule has 3 heterocycles. The molecular weight excluding hydrogens is 346 g/mol. The van der Waals surface area contributed by atoms with E-state index in [9.17, 15) is 4.79 Å². The fourth-order valence-corrected chi connectivity index (χ4v) is 3.19. The minimum atomic E-state index is -0.208. The Labute approximate surface area is 145 Å². The summed E-state index contributed by atoms with van der Waals surface area (Å²) in [7, 11) is 0. The molecule has 4 aromatic rings. The third-order valence-electron chi connectivity index (χ3n) is 3.37. The fourth-order valence-electron chi connectivity index (χ4n) is 2.25. The predicted octanol–water partition coefficient (Wildman–Crippen LogP) is 4.86. The third kappa shape index (κ3) is 2.89. The first-order chi connectivity index (χ1) is 11.7. The predicted molar refractivity (Wildman–Crippen MR) is 94.5 cm³/mol. The number of aromatic nitrogens is 2. The molecule has 7 heteroatoms. The van der Waals surface area contributed by atoms with Crippen molar-refractivity contribution in [3.63, 3.8) is 0 Å². The van der Waals surface area contributed by atoms with Crippen molar-refractivity contribution in [1.29, 1.82) is 0 Å². The molecule has 0 aliphatic rings. The summed E-state index contributed by atoms with van der Waals surface area (Å²) in [6.07, 6.45) is 3.37. The number of nitrogens with zero attached hydrogens (tertiary/aromatic N) is 2. The molecule has 1 aromatic carbocycles. The first kappa shape index (κ1) is 14.9. The average molecular weight is 356 g/mol.